The number of benzene rings is 1. The van der Waals surface area contributed by atoms with Gasteiger partial charge in [-0.3, -0.25) is 0 Å². The summed E-state index contributed by atoms with van der Waals surface area (Å²) in [6.45, 7) is 4.02. The maximum atomic E-state index is 13.3. The molecule has 0 bridgehead atoms. The molecule has 2 aromatic rings. The van der Waals surface area contributed by atoms with E-state index in [2.05, 4.69) is 20.6 Å². The van der Waals surface area contributed by atoms with Crippen LogP contribution in [-0.2, 0) is 0 Å². The van der Waals surface area contributed by atoms with Crippen molar-refractivity contribution in [3.05, 3.63) is 35.4 Å². The maximum absolute atomic E-state index is 13.3. The second-order valence-corrected chi connectivity index (χ2v) is 3.91. The average molecular weight is 236 g/mol. The van der Waals surface area contributed by atoms with Crippen LogP contribution in [0.4, 0.5) is 4.39 Å². The number of tetrazole rings is 1. The molecule has 0 saturated carbocycles. The van der Waals surface area contributed by atoms with Gasteiger partial charge in [0.1, 0.15) is 11.6 Å². The fraction of sp³-hybridized carbons (Fsp3) is 0.364. The molecule has 1 atom stereocenters. The van der Waals surface area contributed by atoms with Gasteiger partial charge in [-0.05, 0) is 29.0 Å². The Balaban J connectivity index is 1.96. The van der Waals surface area contributed by atoms with Crippen molar-refractivity contribution >= 4 is 0 Å². The third-order valence-corrected chi connectivity index (χ3v) is 2.47. The molecular formula is C11H13FN4O. The number of nitrogens with zero attached hydrogens (tertiary/aromatic N) is 3. The molecule has 0 saturated heterocycles. The number of halogens is 1. The Morgan fingerprint density at radius 3 is 2.94 bits per heavy atom. The van der Waals surface area contributed by atoms with Crippen LogP contribution >= 0.6 is 0 Å². The average Bonchev–Trinajstić information content (AvgIpc) is 2.84. The second-order valence-electron chi connectivity index (χ2n) is 3.91. The largest absolute Gasteiger partial charge is 0.493 e. The highest BCUT2D eigenvalue weighted by Crippen LogP contribution is 2.18. The summed E-state index contributed by atoms with van der Waals surface area (Å²) in [5.41, 5.74) is 0.602. The quantitative estimate of drug-likeness (QED) is 0.879. The molecule has 0 aliphatic carbocycles. The predicted molar refractivity (Wildman–Crippen MR) is 59.2 cm³/mol. The Morgan fingerprint density at radius 1 is 1.47 bits per heavy atom. The molecule has 0 radical (unpaired) electrons. The number of rotatable bonds is 4. The van der Waals surface area contributed by atoms with Crippen LogP contribution in [0.25, 0.3) is 0 Å². The van der Waals surface area contributed by atoms with Crippen LogP contribution < -0.4 is 4.74 Å². The van der Waals surface area contributed by atoms with Crippen molar-refractivity contribution in [2.75, 3.05) is 6.61 Å². The van der Waals surface area contributed by atoms with Gasteiger partial charge in [-0.15, -0.1) is 5.10 Å². The summed E-state index contributed by atoms with van der Waals surface area (Å²) in [5.74, 6) is 0.913. The summed E-state index contributed by atoms with van der Waals surface area (Å²) in [6.07, 6.45) is 0. The van der Waals surface area contributed by atoms with Crippen LogP contribution in [0.5, 0.6) is 5.75 Å². The Morgan fingerprint density at radius 2 is 2.29 bits per heavy atom. The van der Waals surface area contributed by atoms with Crippen LogP contribution in [0, 0.1) is 12.7 Å². The summed E-state index contributed by atoms with van der Waals surface area (Å²) >= 11 is 0. The highest BCUT2D eigenvalue weighted by molar-refractivity contribution is 5.28. The monoisotopic (exact) mass is 236 g/mol. The summed E-state index contributed by atoms with van der Waals surface area (Å²) in [6, 6.07) is 4.80. The minimum absolute atomic E-state index is 0.0226. The molecule has 2 rings (SSSR count). The lowest BCUT2D eigenvalue weighted by molar-refractivity contribution is 0.290. The second kappa shape index (κ2) is 4.90. The molecule has 90 valence electrons. The van der Waals surface area contributed by atoms with Crippen LogP contribution in [0.1, 0.15) is 24.2 Å². The Kier molecular flexibility index (Phi) is 3.32. The van der Waals surface area contributed by atoms with Crippen molar-refractivity contribution in [1.82, 2.24) is 20.6 Å². The molecule has 0 aliphatic heterocycles. The van der Waals surface area contributed by atoms with E-state index in [4.69, 9.17) is 4.74 Å². The molecular weight excluding hydrogens is 223 g/mol. The Bertz CT molecular complexity index is 486. The molecule has 0 fully saturated rings. The standard InChI is InChI=1S/C11H13FN4O/c1-7-3-4-9(5-10(7)12)17-6-8(2)11-13-15-16-14-11/h3-5,8H,6H2,1-2H3,(H,13,14,15,16). The molecule has 0 spiro atoms. The molecule has 1 unspecified atom stereocenters. The van der Waals surface area contributed by atoms with Crippen molar-refractivity contribution in [3.63, 3.8) is 0 Å². The third-order valence-electron chi connectivity index (χ3n) is 2.47. The van der Waals surface area contributed by atoms with E-state index in [-0.39, 0.29) is 11.7 Å². The molecule has 0 amide bonds. The van der Waals surface area contributed by atoms with Gasteiger partial charge in [0.25, 0.3) is 0 Å². The zero-order chi connectivity index (χ0) is 12.3. The van der Waals surface area contributed by atoms with E-state index < -0.39 is 0 Å². The van der Waals surface area contributed by atoms with E-state index in [1.807, 2.05) is 6.92 Å². The van der Waals surface area contributed by atoms with Gasteiger partial charge in [0, 0.05) is 6.07 Å². The first kappa shape index (κ1) is 11.5. The van der Waals surface area contributed by atoms with E-state index in [9.17, 15) is 4.39 Å². The van der Waals surface area contributed by atoms with Crippen molar-refractivity contribution in [2.45, 2.75) is 19.8 Å². The first-order valence-corrected chi connectivity index (χ1v) is 5.29. The lowest BCUT2D eigenvalue weighted by atomic mass is 10.2. The summed E-state index contributed by atoms with van der Waals surface area (Å²) < 4.78 is 18.7. The highest BCUT2D eigenvalue weighted by Gasteiger charge is 2.10. The molecule has 6 heteroatoms. The molecule has 1 N–H and O–H groups in total. The summed E-state index contributed by atoms with van der Waals surface area (Å²) in [4.78, 5) is 0. The van der Waals surface area contributed by atoms with Crippen molar-refractivity contribution in [1.29, 1.82) is 0 Å². The van der Waals surface area contributed by atoms with E-state index in [0.717, 1.165) is 0 Å². The number of aryl methyl sites for hydroxylation is 1. The SMILES string of the molecule is Cc1ccc(OCC(C)c2nnn[nH]2)cc1F. The molecule has 1 aromatic carbocycles. The molecule has 1 aromatic heterocycles. The van der Waals surface area contributed by atoms with Gasteiger partial charge in [0.15, 0.2) is 5.82 Å². The van der Waals surface area contributed by atoms with Gasteiger partial charge in [0.05, 0.1) is 12.5 Å². The van der Waals surface area contributed by atoms with Gasteiger partial charge in [-0.25, -0.2) is 9.49 Å². The minimum Gasteiger partial charge on any atom is -0.493 e. The number of H-pyrrole nitrogens is 1. The number of hydrogen-bond donors (Lipinski definition) is 1. The van der Waals surface area contributed by atoms with E-state index >= 15 is 0 Å². The van der Waals surface area contributed by atoms with E-state index in [1.165, 1.54) is 6.07 Å². The Labute approximate surface area is 98.0 Å². The Hall–Kier alpha value is -1.98. The summed E-state index contributed by atoms with van der Waals surface area (Å²) in [5, 5.41) is 13.4. The predicted octanol–water partition coefficient (Wildman–Crippen LogP) is 1.83. The van der Waals surface area contributed by atoms with Crippen LogP contribution in [-0.4, -0.2) is 27.2 Å². The fourth-order valence-electron chi connectivity index (χ4n) is 1.34. The smallest absolute Gasteiger partial charge is 0.154 e. The van der Waals surface area contributed by atoms with Crippen molar-refractivity contribution in [3.8, 4) is 5.75 Å². The van der Waals surface area contributed by atoms with Gasteiger partial charge >= 0.3 is 0 Å². The molecule has 5 nitrogen and oxygen atoms in total. The topological polar surface area (TPSA) is 63.7 Å². The third kappa shape index (κ3) is 2.77. The molecule has 1 heterocycles. The van der Waals surface area contributed by atoms with Crippen LogP contribution in [0.2, 0.25) is 0 Å². The minimum atomic E-state index is -0.267. The maximum Gasteiger partial charge on any atom is 0.154 e. The van der Waals surface area contributed by atoms with E-state index in [0.29, 0.717) is 23.7 Å². The van der Waals surface area contributed by atoms with Gasteiger partial charge in [-0.1, -0.05) is 13.0 Å². The van der Waals surface area contributed by atoms with Crippen molar-refractivity contribution < 1.29 is 9.13 Å². The number of ether oxygens (including phenoxy) is 1. The first-order valence-electron chi connectivity index (χ1n) is 5.29. The number of hydrogen-bond acceptors (Lipinski definition) is 4. The molecule has 17 heavy (non-hydrogen) atoms. The first-order chi connectivity index (χ1) is 8.16. The zero-order valence-electron chi connectivity index (χ0n) is 9.64. The summed E-state index contributed by atoms with van der Waals surface area (Å²) in [7, 11) is 0. The normalized spacial score (nSPS) is 12.4. The number of aromatic nitrogens is 4. The van der Waals surface area contributed by atoms with Gasteiger partial charge in [-0.2, -0.15) is 0 Å². The number of nitrogens with one attached hydrogen (secondary N) is 1. The highest BCUT2D eigenvalue weighted by atomic mass is 19.1. The van der Waals surface area contributed by atoms with Gasteiger partial charge in [0.2, 0.25) is 0 Å². The van der Waals surface area contributed by atoms with Crippen LogP contribution in [0.3, 0.4) is 0 Å². The van der Waals surface area contributed by atoms with Gasteiger partial charge < -0.3 is 4.74 Å². The van der Waals surface area contributed by atoms with Crippen molar-refractivity contribution in [2.24, 2.45) is 0 Å². The molecule has 0 aliphatic rings. The lowest BCUT2D eigenvalue weighted by Gasteiger charge is -2.10. The lowest BCUT2D eigenvalue weighted by Crippen LogP contribution is -2.09. The van der Waals surface area contributed by atoms with Crippen LogP contribution in [0.15, 0.2) is 18.2 Å². The zero-order valence-corrected chi connectivity index (χ0v) is 9.64. The number of aromatic amines is 1. The fourth-order valence-corrected chi connectivity index (χ4v) is 1.34. The van der Waals surface area contributed by atoms with E-state index in [1.54, 1.807) is 19.1 Å².